The van der Waals surface area contributed by atoms with E-state index in [9.17, 15) is 0 Å². The number of nitrogen functional groups attached to an aromatic ring is 1. The molecule has 3 nitrogen and oxygen atoms in total. The van der Waals surface area contributed by atoms with Gasteiger partial charge in [-0.25, -0.2) is 9.97 Å². The molecule has 2 aromatic rings. The van der Waals surface area contributed by atoms with E-state index in [0.717, 1.165) is 21.7 Å². The van der Waals surface area contributed by atoms with Crippen molar-refractivity contribution < 1.29 is 0 Å². The van der Waals surface area contributed by atoms with Gasteiger partial charge in [-0.2, -0.15) is 0 Å². The topological polar surface area (TPSA) is 51.8 Å². The summed E-state index contributed by atoms with van der Waals surface area (Å²) in [6.07, 6.45) is 1.13. The molecule has 2 aromatic heterocycles. The number of thioether (sulfide) groups is 1. The summed E-state index contributed by atoms with van der Waals surface area (Å²) in [5, 5.41) is 4.72. The van der Waals surface area contributed by atoms with Gasteiger partial charge in [-0.1, -0.05) is 13.8 Å². The number of nitrogens with zero attached hydrogens (tertiary/aromatic N) is 2. The molecule has 0 saturated carbocycles. The van der Waals surface area contributed by atoms with Crippen LogP contribution in [0.2, 0.25) is 0 Å². The van der Waals surface area contributed by atoms with Gasteiger partial charge in [0.25, 0.3) is 0 Å². The second-order valence-electron chi connectivity index (χ2n) is 3.36. The molecule has 0 radical (unpaired) electrons. The van der Waals surface area contributed by atoms with E-state index >= 15 is 0 Å². The lowest BCUT2D eigenvalue weighted by atomic mass is 10.4. The van der Waals surface area contributed by atoms with Gasteiger partial charge in [0.15, 0.2) is 0 Å². The Balaban J connectivity index is 2.44. The lowest BCUT2D eigenvalue weighted by Gasteiger charge is -2.08. The number of hydrogen-bond donors (Lipinski definition) is 1. The van der Waals surface area contributed by atoms with Crippen molar-refractivity contribution in [2.75, 3.05) is 5.73 Å². The van der Waals surface area contributed by atoms with Crippen molar-refractivity contribution in [2.24, 2.45) is 0 Å². The van der Waals surface area contributed by atoms with Crippen LogP contribution >= 0.6 is 23.1 Å². The van der Waals surface area contributed by atoms with Gasteiger partial charge in [-0.05, 0) is 17.9 Å². The smallest absolute Gasteiger partial charge is 0.222 e. The second-order valence-corrected chi connectivity index (χ2v) is 5.68. The number of thiophene rings is 1. The molecule has 0 saturated heterocycles. The van der Waals surface area contributed by atoms with E-state index in [-0.39, 0.29) is 0 Å². The first-order valence-corrected chi connectivity index (χ1v) is 6.64. The van der Waals surface area contributed by atoms with Crippen molar-refractivity contribution in [3.8, 4) is 0 Å². The summed E-state index contributed by atoms with van der Waals surface area (Å²) >= 11 is 3.37. The summed E-state index contributed by atoms with van der Waals surface area (Å²) in [4.78, 5) is 9.48. The highest BCUT2D eigenvalue weighted by atomic mass is 32.2. The van der Waals surface area contributed by atoms with Crippen molar-refractivity contribution in [2.45, 2.75) is 30.5 Å². The summed E-state index contributed by atoms with van der Waals surface area (Å²) in [6.45, 7) is 4.37. The summed E-state index contributed by atoms with van der Waals surface area (Å²) in [7, 11) is 0. The Bertz CT molecular complexity index is 467. The van der Waals surface area contributed by atoms with Gasteiger partial charge in [-0.3, -0.25) is 0 Å². The minimum Gasteiger partial charge on any atom is -0.368 e. The highest BCUT2D eigenvalue weighted by Gasteiger charge is 2.10. The standard InChI is InChI=1S/C10H13N3S2/c1-3-6(2)15-9-7-4-5-14-8(7)12-10(11)13-9/h4-6H,3H2,1-2H3,(H2,11,12,13). The minimum atomic E-state index is 0.371. The third kappa shape index (κ3) is 2.23. The molecule has 0 aliphatic heterocycles. The molecule has 0 bridgehead atoms. The zero-order chi connectivity index (χ0) is 10.8. The predicted molar refractivity (Wildman–Crippen MR) is 67.4 cm³/mol. The van der Waals surface area contributed by atoms with E-state index in [0.29, 0.717) is 11.2 Å². The fraction of sp³-hybridized carbons (Fsp3) is 0.400. The molecule has 5 heteroatoms. The van der Waals surface area contributed by atoms with Crippen LogP contribution in [-0.2, 0) is 0 Å². The Morgan fingerprint density at radius 3 is 3.07 bits per heavy atom. The Labute approximate surface area is 97.1 Å². The molecule has 0 amide bonds. The normalized spacial score (nSPS) is 13.2. The molecular weight excluding hydrogens is 226 g/mol. The summed E-state index contributed by atoms with van der Waals surface area (Å²) in [5.41, 5.74) is 5.67. The Hall–Kier alpha value is -0.810. The number of aromatic nitrogens is 2. The maximum absolute atomic E-state index is 5.67. The SMILES string of the molecule is CCC(C)Sc1nc(N)nc2sccc12. The monoisotopic (exact) mass is 239 g/mol. The maximum Gasteiger partial charge on any atom is 0.222 e. The van der Waals surface area contributed by atoms with E-state index in [1.54, 1.807) is 23.1 Å². The van der Waals surface area contributed by atoms with Gasteiger partial charge in [0.1, 0.15) is 9.86 Å². The molecule has 80 valence electrons. The predicted octanol–water partition coefficient (Wildman–Crippen LogP) is 3.16. The van der Waals surface area contributed by atoms with Crippen LogP contribution < -0.4 is 5.73 Å². The maximum atomic E-state index is 5.67. The van der Waals surface area contributed by atoms with Crippen molar-refractivity contribution in [3.63, 3.8) is 0 Å². The van der Waals surface area contributed by atoms with E-state index in [4.69, 9.17) is 5.73 Å². The Morgan fingerprint density at radius 1 is 1.53 bits per heavy atom. The molecule has 1 unspecified atom stereocenters. The van der Waals surface area contributed by atoms with Crippen molar-refractivity contribution >= 4 is 39.3 Å². The van der Waals surface area contributed by atoms with Crippen LogP contribution in [-0.4, -0.2) is 15.2 Å². The number of hydrogen-bond acceptors (Lipinski definition) is 5. The van der Waals surface area contributed by atoms with Crippen LogP contribution in [0.15, 0.2) is 16.5 Å². The minimum absolute atomic E-state index is 0.371. The first kappa shape index (κ1) is 10.7. The molecule has 0 spiro atoms. The largest absolute Gasteiger partial charge is 0.368 e. The molecule has 15 heavy (non-hydrogen) atoms. The first-order valence-electron chi connectivity index (χ1n) is 4.88. The lowest BCUT2D eigenvalue weighted by Crippen LogP contribution is -1.99. The molecule has 2 rings (SSSR count). The number of rotatable bonds is 3. The van der Waals surface area contributed by atoms with E-state index in [2.05, 4.69) is 29.9 Å². The molecule has 0 aromatic carbocycles. The zero-order valence-corrected chi connectivity index (χ0v) is 10.4. The first-order chi connectivity index (χ1) is 7.20. The van der Waals surface area contributed by atoms with Gasteiger partial charge < -0.3 is 5.73 Å². The molecular formula is C10H13N3S2. The van der Waals surface area contributed by atoms with Crippen LogP contribution in [0, 0.1) is 0 Å². The Morgan fingerprint density at radius 2 is 2.33 bits per heavy atom. The average Bonchev–Trinajstić information content (AvgIpc) is 2.65. The molecule has 2 heterocycles. The summed E-state index contributed by atoms with van der Waals surface area (Å²) in [5.74, 6) is 0.371. The van der Waals surface area contributed by atoms with Crippen molar-refractivity contribution in [3.05, 3.63) is 11.4 Å². The number of anilines is 1. The fourth-order valence-corrected chi connectivity index (χ4v) is 3.03. The average molecular weight is 239 g/mol. The fourth-order valence-electron chi connectivity index (χ4n) is 1.21. The Kier molecular flexibility index (Phi) is 3.11. The number of nitrogens with two attached hydrogens (primary N) is 1. The van der Waals surface area contributed by atoms with Gasteiger partial charge >= 0.3 is 0 Å². The van der Waals surface area contributed by atoms with Crippen molar-refractivity contribution in [1.29, 1.82) is 0 Å². The highest BCUT2D eigenvalue weighted by Crippen LogP contribution is 2.32. The highest BCUT2D eigenvalue weighted by molar-refractivity contribution is 8.00. The van der Waals surface area contributed by atoms with Crippen LogP contribution in [0.5, 0.6) is 0 Å². The third-order valence-electron chi connectivity index (χ3n) is 2.20. The molecule has 2 N–H and O–H groups in total. The van der Waals surface area contributed by atoms with Gasteiger partial charge in [0, 0.05) is 10.6 Å². The lowest BCUT2D eigenvalue weighted by molar-refractivity contribution is 0.902. The summed E-state index contributed by atoms with van der Waals surface area (Å²) < 4.78 is 0. The van der Waals surface area contributed by atoms with Crippen LogP contribution in [0.1, 0.15) is 20.3 Å². The zero-order valence-electron chi connectivity index (χ0n) is 8.73. The molecule has 0 fully saturated rings. The number of fused-ring (bicyclic) bond motifs is 1. The van der Waals surface area contributed by atoms with E-state index in [1.165, 1.54) is 0 Å². The van der Waals surface area contributed by atoms with E-state index < -0.39 is 0 Å². The molecule has 1 atom stereocenters. The van der Waals surface area contributed by atoms with Gasteiger partial charge in [-0.15, -0.1) is 23.1 Å². The summed E-state index contributed by atoms with van der Waals surface area (Å²) in [6, 6.07) is 2.06. The van der Waals surface area contributed by atoms with Crippen LogP contribution in [0.4, 0.5) is 5.95 Å². The van der Waals surface area contributed by atoms with Gasteiger partial charge in [0.2, 0.25) is 5.95 Å². The van der Waals surface area contributed by atoms with Crippen molar-refractivity contribution in [1.82, 2.24) is 9.97 Å². The quantitative estimate of drug-likeness (QED) is 0.660. The van der Waals surface area contributed by atoms with E-state index in [1.807, 2.05) is 5.38 Å². The van der Waals surface area contributed by atoms with Gasteiger partial charge in [0.05, 0.1) is 0 Å². The second kappa shape index (κ2) is 4.37. The molecule has 0 aliphatic carbocycles. The third-order valence-corrected chi connectivity index (χ3v) is 4.27. The van der Waals surface area contributed by atoms with Crippen LogP contribution in [0.25, 0.3) is 10.2 Å². The van der Waals surface area contributed by atoms with Crippen LogP contribution in [0.3, 0.4) is 0 Å². The molecule has 0 aliphatic rings.